The number of carbonyl (C=O) groups is 2. The molecule has 2 aromatic rings. The van der Waals surface area contributed by atoms with Crippen molar-refractivity contribution in [2.75, 3.05) is 38.1 Å². The zero-order valence-electron chi connectivity index (χ0n) is 16.9. The van der Waals surface area contributed by atoms with E-state index in [-0.39, 0.29) is 18.0 Å². The van der Waals surface area contributed by atoms with Gasteiger partial charge in [-0.15, -0.1) is 0 Å². The fourth-order valence-electron chi connectivity index (χ4n) is 3.94. The molecule has 1 N–H and O–H groups in total. The van der Waals surface area contributed by atoms with Crippen molar-refractivity contribution in [3.05, 3.63) is 41.7 Å². The number of aromatic nitrogens is 2. The molecule has 1 atom stereocenters. The van der Waals surface area contributed by atoms with Crippen molar-refractivity contribution in [3.63, 3.8) is 0 Å². The Morgan fingerprint density at radius 3 is 2.41 bits per heavy atom. The minimum Gasteiger partial charge on any atom is -0.368 e. The van der Waals surface area contributed by atoms with E-state index < -0.39 is 0 Å². The third-order valence-electron chi connectivity index (χ3n) is 5.61. The summed E-state index contributed by atoms with van der Waals surface area (Å²) in [5.41, 5.74) is 3.34. The first-order valence-corrected chi connectivity index (χ1v) is 10.1. The molecule has 8 heteroatoms. The lowest BCUT2D eigenvalue weighted by molar-refractivity contribution is -0.142. The van der Waals surface area contributed by atoms with Gasteiger partial charge in [-0.05, 0) is 38.8 Å². The highest BCUT2D eigenvalue weighted by atomic mass is 16.5. The molecule has 2 fully saturated rings. The van der Waals surface area contributed by atoms with Crippen LogP contribution in [0.15, 0.2) is 30.3 Å². The van der Waals surface area contributed by atoms with Crippen LogP contribution in [-0.4, -0.2) is 70.4 Å². The Morgan fingerprint density at radius 1 is 1.07 bits per heavy atom. The zero-order chi connectivity index (χ0) is 20.4. The van der Waals surface area contributed by atoms with E-state index in [4.69, 9.17) is 4.74 Å². The molecule has 0 saturated carbocycles. The predicted octanol–water partition coefficient (Wildman–Crippen LogP) is 2.34. The van der Waals surface area contributed by atoms with Gasteiger partial charge in [-0.2, -0.15) is 5.10 Å². The largest absolute Gasteiger partial charge is 0.368 e. The van der Waals surface area contributed by atoms with Crippen LogP contribution in [0.4, 0.5) is 10.5 Å². The molecule has 2 aliphatic rings. The Labute approximate surface area is 170 Å². The van der Waals surface area contributed by atoms with Crippen molar-refractivity contribution in [1.29, 1.82) is 0 Å². The molecule has 0 aliphatic carbocycles. The highest BCUT2D eigenvalue weighted by Crippen LogP contribution is 2.23. The topological polar surface area (TPSA) is 79.7 Å². The molecule has 4 rings (SSSR count). The monoisotopic (exact) mass is 397 g/mol. The van der Waals surface area contributed by atoms with E-state index in [9.17, 15) is 9.59 Å². The third kappa shape index (κ3) is 3.98. The van der Waals surface area contributed by atoms with Gasteiger partial charge in [-0.1, -0.05) is 18.2 Å². The summed E-state index contributed by atoms with van der Waals surface area (Å²) >= 11 is 0. The Balaban J connectivity index is 1.38. The number of amides is 3. The second-order valence-corrected chi connectivity index (χ2v) is 7.54. The van der Waals surface area contributed by atoms with Gasteiger partial charge in [-0.25, -0.2) is 9.48 Å². The molecule has 3 heterocycles. The summed E-state index contributed by atoms with van der Waals surface area (Å²) in [6.07, 6.45) is 1.43. The zero-order valence-corrected chi connectivity index (χ0v) is 16.9. The van der Waals surface area contributed by atoms with Gasteiger partial charge >= 0.3 is 6.03 Å². The first kappa shape index (κ1) is 19.4. The number of piperazine rings is 1. The number of aryl methyl sites for hydroxylation is 1. The molecule has 0 radical (unpaired) electrons. The number of benzene rings is 1. The number of anilines is 1. The Kier molecular flexibility index (Phi) is 5.53. The molecule has 8 nitrogen and oxygen atoms in total. The van der Waals surface area contributed by atoms with Gasteiger partial charge in [0.25, 0.3) is 5.91 Å². The first-order chi connectivity index (χ1) is 14.0. The van der Waals surface area contributed by atoms with Crippen LogP contribution < -0.4 is 5.32 Å². The van der Waals surface area contributed by atoms with E-state index in [1.165, 1.54) is 0 Å². The molecule has 1 unspecified atom stereocenters. The van der Waals surface area contributed by atoms with Crippen molar-refractivity contribution < 1.29 is 14.3 Å². The van der Waals surface area contributed by atoms with Gasteiger partial charge < -0.3 is 19.9 Å². The van der Waals surface area contributed by atoms with Crippen LogP contribution in [0, 0.1) is 13.8 Å². The standard InChI is InChI=1S/C21H27N5O3/c1-15-19(16(2)26(23-15)17-7-4-3-5-8-17)22-21(28)25-12-10-24(11-13-25)20(27)18-9-6-14-29-18/h3-5,7-8,18H,6,9-14H2,1-2H3,(H,22,28). The highest BCUT2D eigenvalue weighted by Gasteiger charge is 2.31. The molecule has 154 valence electrons. The highest BCUT2D eigenvalue weighted by molar-refractivity contribution is 5.91. The van der Waals surface area contributed by atoms with E-state index in [2.05, 4.69) is 10.4 Å². The number of hydrogen-bond donors (Lipinski definition) is 1. The summed E-state index contributed by atoms with van der Waals surface area (Å²) in [4.78, 5) is 28.8. The van der Waals surface area contributed by atoms with Crippen LogP contribution in [0.1, 0.15) is 24.2 Å². The maximum atomic E-state index is 12.8. The summed E-state index contributed by atoms with van der Waals surface area (Å²) in [6, 6.07) is 9.68. The molecule has 1 aromatic heterocycles. The van der Waals surface area contributed by atoms with Crippen LogP contribution in [0.3, 0.4) is 0 Å². The van der Waals surface area contributed by atoms with E-state index in [1.807, 2.05) is 53.8 Å². The number of ether oxygens (including phenoxy) is 1. The molecule has 29 heavy (non-hydrogen) atoms. The molecule has 0 bridgehead atoms. The second-order valence-electron chi connectivity index (χ2n) is 7.54. The summed E-state index contributed by atoms with van der Waals surface area (Å²) in [5, 5.41) is 7.59. The summed E-state index contributed by atoms with van der Waals surface area (Å²) in [7, 11) is 0. The molecule has 2 saturated heterocycles. The third-order valence-corrected chi connectivity index (χ3v) is 5.61. The fourth-order valence-corrected chi connectivity index (χ4v) is 3.94. The van der Waals surface area contributed by atoms with Crippen molar-refractivity contribution >= 4 is 17.6 Å². The lowest BCUT2D eigenvalue weighted by Gasteiger charge is -2.35. The summed E-state index contributed by atoms with van der Waals surface area (Å²) < 4.78 is 7.33. The first-order valence-electron chi connectivity index (χ1n) is 10.1. The van der Waals surface area contributed by atoms with E-state index in [0.717, 1.165) is 35.6 Å². The van der Waals surface area contributed by atoms with Crippen molar-refractivity contribution in [1.82, 2.24) is 19.6 Å². The molecule has 1 aromatic carbocycles. The predicted molar refractivity (Wildman–Crippen MR) is 109 cm³/mol. The summed E-state index contributed by atoms with van der Waals surface area (Å²) in [6.45, 7) is 6.58. The average Bonchev–Trinajstić information content (AvgIpc) is 3.38. The Morgan fingerprint density at radius 2 is 1.76 bits per heavy atom. The Bertz CT molecular complexity index is 881. The number of carbonyl (C=O) groups excluding carboxylic acids is 2. The lowest BCUT2D eigenvalue weighted by Crippen LogP contribution is -2.53. The molecule has 3 amide bonds. The molecular formula is C21H27N5O3. The number of nitrogens with one attached hydrogen (secondary N) is 1. The number of urea groups is 1. The SMILES string of the molecule is Cc1nn(-c2ccccc2)c(C)c1NC(=O)N1CCN(C(=O)C2CCCO2)CC1. The number of rotatable bonds is 3. The van der Waals surface area contributed by atoms with Crippen LogP contribution in [0.2, 0.25) is 0 Å². The van der Waals surface area contributed by atoms with Crippen LogP contribution >= 0.6 is 0 Å². The number of nitrogens with zero attached hydrogens (tertiary/aromatic N) is 4. The smallest absolute Gasteiger partial charge is 0.322 e. The van der Waals surface area contributed by atoms with Gasteiger partial charge in [0.05, 0.1) is 22.8 Å². The minimum absolute atomic E-state index is 0.0541. The van der Waals surface area contributed by atoms with Gasteiger partial charge in [0.15, 0.2) is 0 Å². The quantitative estimate of drug-likeness (QED) is 0.862. The van der Waals surface area contributed by atoms with Gasteiger partial charge in [0, 0.05) is 32.8 Å². The molecular weight excluding hydrogens is 370 g/mol. The molecule has 2 aliphatic heterocycles. The van der Waals surface area contributed by atoms with Crippen LogP contribution in [0.5, 0.6) is 0 Å². The maximum absolute atomic E-state index is 12.8. The van der Waals surface area contributed by atoms with E-state index >= 15 is 0 Å². The number of hydrogen-bond acceptors (Lipinski definition) is 4. The maximum Gasteiger partial charge on any atom is 0.322 e. The molecule has 0 spiro atoms. The van der Waals surface area contributed by atoms with Gasteiger partial charge in [-0.3, -0.25) is 4.79 Å². The van der Waals surface area contributed by atoms with E-state index in [1.54, 1.807) is 4.90 Å². The van der Waals surface area contributed by atoms with Crippen LogP contribution in [0.25, 0.3) is 5.69 Å². The van der Waals surface area contributed by atoms with E-state index in [0.29, 0.717) is 32.8 Å². The van der Waals surface area contributed by atoms with Crippen molar-refractivity contribution in [3.8, 4) is 5.69 Å². The van der Waals surface area contributed by atoms with Crippen LogP contribution in [-0.2, 0) is 9.53 Å². The van der Waals surface area contributed by atoms with Gasteiger partial charge in [0.1, 0.15) is 6.10 Å². The Hall–Kier alpha value is -2.87. The summed E-state index contributed by atoms with van der Waals surface area (Å²) in [5.74, 6) is 0.0541. The fraction of sp³-hybridized carbons (Fsp3) is 0.476. The lowest BCUT2D eigenvalue weighted by atomic mass is 10.2. The van der Waals surface area contributed by atoms with Crippen molar-refractivity contribution in [2.24, 2.45) is 0 Å². The number of para-hydroxylation sites is 1. The average molecular weight is 397 g/mol. The van der Waals surface area contributed by atoms with Crippen molar-refractivity contribution in [2.45, 2.75) is 32.8 Å². The van der Waals surface area contributed by atoms with Gasteiger partial charge in [0.2, 0.25) is 0 Å². The normalized spacial score (nSPS) is 19.4. The minimum atomic E-state index is -0.301. The second kappa shape index (κ2) is 8.24.